The third-order valence-corrected chi connectivity index (χ3v) is 7.40. The average molecular weight is 507 g/mol. The first kappa shape index (κ1) is 35.2. The molecule has 0 saturated carbocycles. The number of esters is 1. The zero-order chi connectivity index (χ0) is 26.2. The molecular formula is C34H66O2. The van der Waals surface area contributed by atoms with Crippen LogP contribution in [0, 0.1) is 0 Å². The van der Waals surface area contributed by atoms with E-state index in [9.17, 15) is 4.79 Å². The van der Waals surface area contributed by atoms with Crippen LogP contribution in [0.5, 0.6) is 0 Å². The normalized spacial score (nSPS) is 11.5. The second kappa shape index (κ2) is 32.2. The number of carbonyl (C=O) groups excluding carboxylic acids is 1. The summed E-state index contributed by atoms with van der Waals surface area (Å²) in [5, 5.41) is 0. The number of hydrogen-bond donors (Lipinski definition) is 0. The number of unbranched alkanes of at least 4 members (excludes halogenated alkanes) is 24. The maximum absolute atomic E-state index is 11.9. The molecule has 0 heterocycles. The van der Waals surface area contributed by atoms with Crippen LogP contribution in [0.15, 0.2) is 12.2 Å². The quantitative estimate of drug-likeness (QED) is 0.0550. The molecule has 0 unspecified atom stereocenters. The molecule has 0 radical (unpaired) electrons. The Labute approximate surface area is 227 Å². The first-order valence-electron chi connectivity index (χ1n) is 16.6. The van der Waals surface area contributed by atoms with Crippen molar-refractivity contribution in [2.75, 3.05) is 6.61 Å². The van der Waals surface area contributed by atoms with Gasteiger partial charge in [-0.3, -0.25) is 4.79 Å². The van der Waals surface area contributed by atoms with Crippen LogP contribution in [-0.2, 0) is 9.53 Å². The predicted octanol–water partition coefficient (Wildman–Crippen LogP) is 12.0. The van der Waals surface area contributed by atoms with Crippen LogP contribution in [0.1, 0.15) is 194 Å². The molecule has 0 N–H and O–H groups in total. The molecule has 36 heavy (non-hydrogen) atoms. The van der Waals surface area contributed by atoms with Gasteiger partial charge in [0.1, 0.15) is 0 Å². The van der Waals surface area contributed by atoms with Crippen molar-refractivity contribution in [1.29, 1.82) is 0 Å². The SMILES string of the molecule is CCCCCCCC/C=C\CCCCCCCC(=O)OCCCCCCCCCCCCCCCC. The minimum absolute atomic E-state index is 0.0160. The molecule has 0 aromatic heterocycles. The summed E-state index contributed by atoms with van der Waals surface area (Å²) in [5.74, 6) is 0.0160. The highest BCUT2D eigenvalue weighted by atomic mass is 16.5. The fourth-order valence-electron chi connectivity index (χ4n) is 4.89. The van der Waals surface area contributed by atoms with E-state index in [0.29, 0.717) is 13.0 Å². The summed E-state index contributed by atoms with van der Waals surface area (Å²) in [7, 11) is 0. The minimum Gasteiger partial charge on any atom is -0.466 e. The van der Waals surface area contributed by atoms with E-state index >= 15 is 0 Å². The molecule has 0 aromatic rings. The molecule has 0 aliphatic heterocycles. The molecule has 0 spiro atoms. The predicted molar refractivity (Wildman–Crippen MR) is 161 cm³/mol. The van der Waals surface area contributed by atoms with Gasteiger partial charge in [-0.1, -0.05) is 161 Å². The highest BCUT2D eigenvalue weighted by Crippen LogP contribution is 2.13. The smallest absolute Gasteiger partial charge is 0.305 e. The van der Waals surface area contributed by atoms with Gasteiger partial charge in [0.05, 0.1) is 6.61 Å². The molecule has 0 rings (SSSR count). The number of allylic oxidation sites excluding steroid dienone is 2. The van der Waals surface area contributed by atoms with Gasteiger partial charge in [-0.2, -0.15) is 0 Å². The maximum Gasteiger partial charge on any atom is 0.305 e. The van der Waals surface area contributed by atoms with Crippen molar-refractivity contribution in [3.8, 4) is 0 Å². The standard InChI is InChI=1S/C34H66O2/c1-3-5-7-9-11-13-15-17-19-20-22-24-26-28-30-32-34(35)36-33-31-29-27-25-23-21-18-16-14-12-10-8-6-4-2/h17,19H,3-16,18,20-33H2,1-2H3/b19-17-. The number of rotatable bonds is 30. The summed E-state index contributed by atoms with van der Waals surface area (Å²) in [6.45, 7) is 5.19. The molecule has 0 aliphatic rings. The summed E-state index contributed by atoms with van der Waals surface area (Å²) in [4.78, 5) is 11.9. The molecule has 0 atom stereocenters. The van der Waals surface area contributed by atoms with Gasteiger partial charge in [-0.05, 0) is 38.5 Å². The monoisotopic (exact) mass is 507 g/mol. The molecule has 214 valence electrons. The summed E-state index contributed by atoms with van der Waals surface area (Å²) in [5.41, 5.74) is 0. The first-order valence-corrected chi connectivity index (χ1v) is 16.6. The second-order valence-electron chi connectivity index (χ2n) is 11.2. The van der Waals surface area contributed by atoms with Crippen LogP contribution in [0.4, 0.5) is 0 Å². The fraction of sp³-hybridized carbons (Fsp3) is 0.912. The first-order chi connectivity index (χ1) is 17.8. The zero-order valence-corrected chi connectivity index (χ0v) is 25.0. The highest BCUT2D eigenvalue weighted by Gasteiger charge is 2.02. The molecule has 0 bridgehead atoms. The van der Waals surface area contributed by atoms with Crippen molar-refractivity contribution in [3.63, 3.8) is 0 Å². The Morgan fingerprint density at radius 2 is 0.778 bits per heavy atom. The van der Waals surface area contributed by atoms with Crippen molar-refractivity contribution in [2.24, 2.45) is 0 Å². The highest BCUT2D eigenvalue weighted by molar-refractivity contribution is 5.69. The van der Waals surface area contributed by atoms with Gasteiger partial charge in [0.25, 0.3) is 0 Å². The lowest BCUT2D eigenvalue weighted by molar-refractivity contribution is -0.143. The molecule has 0 aromatic carbocycles. The van der Waals surface area contributed by atoms with Gasteiger partial charge < -0.3 is 4.74 Å². The lowest BCUT2D eigenvalue weighted by Crippen LogP contribution is -2.05. The second-order valence-corrected chi connectivity index (χ2v) is 11.2. The van der Waals surface area contributed by atoms with Crippen LogP contribution in [0.3, 0.4) is 0 Å². The van der Waals surface area contributed by atoms with Gasteiger partial charge >= 0.3 is 5.97 Å². The van der Waals surface area contributed by atoms with Crippen molar-refractivity contribution >= 4 is 5.97 Å². The molecular weight excluding hydrogens is 440 g/mol. The maximum atomic E-state index is 11.9. The van der Waals surface area contributed by atoms with Crippen LogP contribution >= 0.6 is 0 Å². The Balaban J connectivity index is 3.19. The van der Waals surface area contributed by atoms with Crippen molar-refractivity contribution in [3.05, 3.63) is 12.2 Å². The number of hydrogen-bond acceptors (Lipinski definition) is 2. The van der Waals surface area contributed by atoms with Gasteiger partial charge in [-0.25, -0.2) is 0 Å². The van der Waals surface area contributed by atoms with E-state index < -0.39 is 0 Å². The summed E-state index contributed by atoms with van der Waals surface area (Å²) < 4.78 is 5.42. The zero-order valence-electron chi connectivity index (χ0n) is 25.0. The lowest BCUT2D eigenvalue weighted by Gasteiger charge is -2.05. The van der Waals surface area contributed by atoms with Gasteiger partial charge in [0.15, 0.2) is 0 Å². The molecule has 0 fully saturated rings. The Kier molecular flexibility index (Phi) is 31.5. The van der Waals surface area contributed by atoms with Gasteiger partial charge in [0, 0.05) is 6.42 Å². The topological polar surface area (TPSA) is 26.3 Å². The fourth-order valence-corrected chi connectivity index (χ4v) is 4.89. The van der Waals surface area contributed by atoms with Crippen molar-refractivity contribution in [2.45, 2.75) is 194 Å². The summed E-state index contributed by atoms with van der Waals surface area (Å²) in [6, 6.07) is 0. The Morgan fingerprint density at radius 3 is 1.19 bits per heavy atom. The van der Waals surface area contributed by atoms with Crippen LogP contribution in [-0.4, -0.2) is 12.6 Å². The van der Waals surface area contributed by atoms with Crippen molar-refractivity contribution in [1.82, 2.24) is 0 Å². The molecule has 0 saturated heterocycles. The number of ether oxygens (including phenoxy) is 1. The van der Waals surface area contributed by atoms with E-state index in [-0.39, 0.29) is 5.97 Å². The largest absolute Gasteiger partial charge is 0.466 e. The summed E-state index contributed by atoms with van der Waals surface area (Å²) in [6.07, 6.45) is 41.2. The molecule has 2 heteroatoms. The van der Waals surface area contributed by atoms with E-state index in [4.69, 9.17) is 4.74 Å². The van der Waals surface area contributed by atoms with Gasteiger partial charge in [0.2, 0.25) is 0 Å². The van der Waals surface area contributed by atoms with E-state index in [1.165, 1.54) is 154 Å². The number of carbonyl (C=O) groups is 1. The van der Waals surface area contributed by atoms with Crippen LogP contribution in [0.2, 0.25) is 0 Å². The van der Waals surface area contributed by atoms with E-state index in [1.807, 2.05) is 0 Å². The van der Waals surface area contributed by atoms with Crippen LogP contribution < -0.4 is 0 Å². The third-order valence-electron chi connectivity index (χ3n) is 7.40. The van der Waals surface area contributed by atoms with Crippen molar-refractivity contribution < 1.29 is 9.53 Å². The van der Waals surface area contributed by atoms with E-state index in [0.717, 1.165) is 19.3 Å². The summed E-state index contributed by atoms with van der Waals surface area (Å²) >= 11 is 0. The van der Waals surface area contributed by atoms with E-state index in [1.54, 1.807) is 0 Å². The minimum atomic E-state index is 0.0160. The Morgan fingerprint density at radius 1 is 0.444 bits per heavy atom. The average Bonchev–Trinajstić information content (AvgIpc) is 2.88. The van der Waals surface area contributed by atoms with Crippen LogP contribution in [0.25, 0.3) is 0 Å². The van der Waals surface area contributed by atoms with Gasteiger partial charge in [-0.15, -0.1) is 0 Å². The molecule has 2 nitrogen and oxygen atoms in total. The Bertz CT molecular complexity index is 442. The molecule has 0 aliphatic carbocycles. The third kappa shape index (κ3) is 31.2. The molecule has 0 amide bonds. The lowest BCUT2D eigenvalue weighted by atomic mass is 10.0. The Hall–Kier alpha value is -0.790. The van der Waals surface area contributed by atoms with E-state index in [2.05, 4.69) is 26.0 Å².